The third kappa shape index (κ3) is 2.57. The number of amides is 1. The van der Waals surface area contributed by atoms with Gasteiger partial charge in [-0.15, -0.1) is 0 Å². The Balaban J connectivity index is 1.97. The van der Waals surface area contributed by atoms with Crippen molar-refractivity contribution in [3.8, 4) is 0 Å². The normalized spacial score (nSPS) is 39.6. The summed E-state index contributed by atoms with van der Waals surface area (Å²) in [6.45, 7) is 1.44. The third-order valence-electron chi connectivity index (χ3n) is 7.47. The molecule has 2 fully saturated rings. The number of carbonyl (C=O) groups is 4. The maximum atomic E-state index is 13.6. The first-order valence-corrected chi connectivity index (χ1v) is 10.4. The topological polar surface area (TPSA) is 178 Å². The van der Waals surface area contributed by atoms with Gasteiger partial charge in [0.25, 0.3) is 0 Å². The molecule has 4 aliphatic carbocycles. The van der Waals surface area contributed by atoms with Crippen molar-refractivity contribution in [1.82, 2.24) is 4.90 Å². The van der Waals surface area contributed by atoms with E-state index in [-0.39, 0.29) is 17.8 Å². The highest BCUT2D eigenvalue weighted by molar-refractivity contribution is 6.32. The van der Waals surface area contributed by atoms with Crippen LogP contribution >= 0.6 is 0 Å². The average molecular weight is 446 g/mol. The van der Waals surface area contributed by atoms with E-state index in [4.69, 9.17) is 5.73 Å². The van der Waals surface area contributed by atoms with Gasteiger partial charge in [-0.3, -0.25) is 24.1 Å². The summed E-state index contributed by atoms with van der Waals surface area (Å²) < 4.78 is 0. The molecule has 172 valence electrons. The first-order valence-electron chi connectivity index (χ1n) is 10.4. The number of Topliss-reactive ketones (excluding diaryl/α,β-unsaturated/α-hetero) is 3. The average Bonchev–Trinajstić information content (AvgIpc) is 2.68. The van der Waals surface area contributed by atoms with Crippen LogP contribution in [-0.4, -0.2) is 79.9 Å². The Morgan fingerprint density at radius 1 is 1.19 bits per heavy atom. The fraction of sp³-hybridized carbons (Fsp3) is 0.545. The largest absolute Gasteiger partial charge is 0.508 e. The maximum Gasteiger partial charge on any atom is 0.235 e. The van der Waals surface area contributed by atoms with Crippen LogP contribution in [-0.2, 0) is 19.2 Å². The number of nitrogens with zero attached hydrogens (tertiary/aromatic N) is 1. The predicted molar refractivity (Wildman–Crippen MR) is 109 cm³/mol. The molecule has 0 radical (unpaired) electrons. The molecule has 1 amide bonds. The SMILES string of the molecule is CN(C)C1C(=O)C(C(N)=O)C(=O)C2(O)C(=O)C3=C(O)C4=C(CCC=C4O)C(C)(O)C3CC12. The summed E-state index contributed by atoms with van der Waals surface area (Å²) >= 11 is 0. The first-order chi connectivity index (χ1) is 14.8. The highest BCUT2D eigenvalue weighted by Gasteiger charge is 2.69. The van der Waals surface area contributed by atoms with E-state index in [0.717, 1.165) is 0 Å². The number of likely N-dealkylation sites (N-methyl/N-ethyl adjacent to an activating group) is 1. The van der Waals surface area contributed by atoms with Crippen molar-refractivity contribution in [3.63, 3.8) is 0 Å². The molecule has 0 aliphatic heterocycles. The second kappa shape index (κ2) is 6.84. The summed E-state index contributed by atoms with van der Waals surface area (Å²) in [5, 5.41) is 44.2. The lowest BCUT2D eigenvalue weighted by molar-refractivity contribution is -0.178. The summed E-state index contributed by atoms with van der Waals surface area (Å²) in [5.74, 6) is -9.90. The minimum Gasteiger partial charge on any atom is -0.508 e. The minimum atomic E-state index is -2.80. The zero-order valence-corrected chi connectivity index (χ0v) is 18.0. The fourth-order valence-corrected chi connectivity index (χ4v) is 5.96. The Morgan fingerprint density at radius 2 is 1.81 bits per heavy atom. The van der Waals surface area contributed by atoms with Crippen LogP contribution < -0.4 is 5.73 Å². The highest BCUT2D eigenvalue weighted by Crippen LogP contribution is 2.55. The number of rotatable bonds is 2. The quantitative estimate of drug-likeness (QED) is 0.340. The van der Waals surface area contributed by atoms with E-state index >= 15 is 0 Å². The second-order valence-electron chi connectivity index (χ2n) is 9.39. The lowest BCUT2D eigenvalue weighted by Crippen LogP contribution is -2.73. The molecule has 0 aromatic heterocycles. The number of hydrogen-bond donors (Lipinski definition) is 5. The molecule has 0 aromatic rings. The number of carbonyl (C=O) groups excluding carboxylic acids is 4. The van der Waals surface area contributed by atoms with Gasteiger partial charge in [0.15, 0.2) is 23.1 Å². The number of aliphatic hydroxyl groups is 4. The Labute approximate surface area is 183 Å². The van der Waals surface area contributed by atoms with Gasteiger partial charge < -0.3 is 26.2 Å². The van der Waals surface area contributed by atoms with Gasteiger partial charge in [-0.05, 0) is 51.9 Å². The number of primary amides is 1. The number of nitrogens with two attached hydrogens (primary N) is 1. The first kappa shape index (κ1) is 22.4. The predicted octanol–water partition coefficient (Wildman–Crippen LogP) is -0.785. The standard InChI is InChI=1S/C22H26N2O8/c1-21(31)8-5-4-6-11(25)12(8)16(26)13-9(21)7-10-15(24(2)3)17(27)14(20(23)30)19(29)22(10,32)18(13)28/h6,9-10,14-15,25-26,31-32H,4-5,7H2,1-3H3,(H2,23,30). The van der Waals surface area contributed by atoms with Crippen molar-refractivity contribution in [3.05, 3.63) is 34.3 Å². The molecule has 6 unspecified atom stereocenters. The Kier molecular flexibility index (Phi) is 4.78. The lowest BCUT2D eigenvalue weighted by Gasteiger charge is -2.54. The monoisotopic (exact) mass is 446 g/mol. The van der Waals surface area contributed by atoms with Crippen LogP contribution in [0, 0.1) is 17.8 Å². The summed E-state index contributed by atoms with van der Waals surface area (Å²) in [7, 11) is 3.02. The van der Waals surface area contributed by atoms with Gasteiger partial charge in [-0.2, -0.15) is 0 Å². The van der Waals surface area contributed by atoms with Gasteiger partial charge in [0.2, 0.25) is 11.7 Å². The number of allylic oxidation sites excluding steroid dienone is 1. The molecule has 0 spiro atoms. The van der Waals surface area contributed by atoms with Gasteiger partial charge >= 0.3 is 0 Å². The Hall–Kier alpha value is -2.82. The molecule has 4 aliphatic rings. The van der Waals surface area contributed by atoms with E-state index in [1.54, 1.807) is 0 Å². The van der Waals surface area contributed by atoms with Crippen molar-refractivity contribution >= 4 is 23.3 Å². The van der Waals surface area contributed by atoms with Crippen molar-refractivity contribution in [2.45, 2.75) is 43.4 Å². The molecule has 6 N–H and O–H groups in total. The van der Waals surface area contributed by atoms with E-state index < -0.39 is 69.6 Å². The fourth-order valence-electron chi connectivity index (χ4n) is 5.96. The van der Waals surface area contributed by atoms with Crippen LogP contribution in [0.4, 0.5) is 0 Å². The van der Waals surface area contributed by atoms with Crippen molar-refractivity contribution in [1.29, 1.82) is 0 Å². The molecule has 0 bridgehead atoms. The zero-order valence-electron chi connectivity index (χ0n) is 18.0. The molecule has 0 aromatic carbocycles. The van der Waals surface area contributed by atoms with Crippen LogP contribution in [0.15, 0.2) is 34.3 Å². The van der Waals surface area contributed by atoms with Crippen LogP contribution in [0.1, 0.15) is 26.2 Å². The number of hydrogen-bond acceptors (Lipinski definition) is 9. The van der Waals surface area contributed by atoms with E-state index in [2.05, 4.69) is 0 Å². The van der Waals surface area contributed by atoms with Crippen molar-refractivity contribution < 1.29 is 39.6 Å². The van der Waals surface area contributed by atoms with Gasteiger partial charge in [0, 0.05) is 17.4 Å². The van der Waals surface area contributed by atoms with Gasteiger partial charge in [-0.25, -0.2) is 0 Å². The van der Waals surface area contributed by atoms with Crippen LogP contribution in [0.3, 0.4) is 0 Å². The number of fused-ring (bicyclic) bond motifs is 2. The van der Waals surface area contributed by atoms with Gasteiger partial charge in [0.05, 0.1) is 17.2 Å². The van der Waals surface area contributed by atoms with Crippen LogP contribution in [0.2, 0.25) is 0 Å². The zero-order chi connectivity index (χ0) is 23.9. The van der Waals surface area contributed by atoms with E-state index in [1.807, 2.05) is 0 Å². The van der Waals surface area contributed by atoms with Crippen LogP contribution in [0.25, 0.3) is 0 Å². The highest BCUT2D eigenvalue weighted by atomic mass is 16.3. The molecule has 10 heteroatoms. The Morgan fingerprint density at radius 3 is 2.38 bits per heavy atom. The minimum absolute atomic E-state index is 0.0992. The molecule has 4 rings (SSSR count). The summed E-state index contributed by atoms with van der Waals surface area (Å²) in [6.07, 6.45) is 1.98. The van der Waals surface area contributed by atoms with Crippen molar-refractivity contribution in [2.75, 3.05) is 14.1 Å². The van der Waals surface area contributed by atoms with Gasteiger partial charge in [-0.1, -0.05) is 0 Å². The molecule has 0 heterocycles. The molecule has 6 atom stereocenters. The summed E-state index contributed by atoms with van der Waals surface area (Å²) in [4.78, 5) is 53.2. The summed E-state index contributed by atoms with van der Waals surface area (Å²) in [6, 6.07) is -1.20. The Bertz CT molecular complexity index is 1070. The second-order valence-corrected chi connectivity index (χ2v) is 9.39. The van der Waals surface area contributed by atoms with Crippen LogP contribution in [0.5, 0.6) is 0 Å². The van der Waals surface area contributed by atoms with Crippen molar-refractivity contribution in [2.24, 2.45) is 23.5 Å². The third-order valence-corrected chi connectivity index (χ3v) is 7.47. The molecule has 10 nitrogen and oxygen atoms in total. The lowest BCUT2D eigenvalue weighted by atomic mass is 9.52. The number of aliphatic hydroxyl groups excluding tert-OH is 2. The van der Waals surface area contributed by atoms with E-state index in [1.165, 1.54) is 32.0 Å². The molecular weight excluding hydrogens is 420 g/mol. The smallest absolute Gasteiger partial charge is 0.235 e. The summed E-state index contributed by atoms with van der Waals surface area (Å²) in [5.41, 5.74) is 0.613. The maximum absolute atomic E-state index is 13.6. The van der Waals surface area contributed by atoms with Gasteiger partial charge in [0.1, 0.15) is 11.5 Å². The van der Waals surface area contributed by atoms with E-state index in [9.17, 15) is 39.6 Å². The molecular formula is C22H26N2O8. The van der Waals surface area contributed by atoms with E-state index in [0.29, 0.717) is 18.4 Å². The molecule has 2 saturated carbocycles. The molecule has 0 saturated heterocycles. The molecule has 32 heavy (non-hydrogen) atoms. The number of ketones is 3.